The second-order valence-electron chi connectivity index (χ2n) is 4.40. The lowest BCUT2D eigenvalue weighted by Gasteiger charge is -2.11. The maximum absolute atomic E-state index is 13.5. The standard InChI is InChI=1S/C14H17FN2OS/c1-9-8-19-14(17-9)10(2)16-7-11-4-5-13(18-3)12(15)6-11/h4-6,8,10,16H,7H2,1-3H3. The quantitative estimate of drug-likeness (QED) is 0.911. The number of methoxy groups -OCH3 is 1. The number of hydrogen-bond donors (Lipinski definition) is 1. The van der Waals surface area contributed by atoms with Crippen molar-refractivity contribution in [2.24, 2.45) is 0 Å². The Balaban J connectivity index is 1.97. The molecular formula is C14H17FN2OS. The number of benzene rings is 1. The monoisotopic (exact) mass is 280 g/mol. The molecule has 0 fully saturated rings. The molecule has 0 saturated carbocycles. The molecule has 19 heavy (non-hydrogen) atoms. The van der Waals surface area contributed by atoms with Crippen LogP contribution in [-0.2, 0) is 6.54 Å². The zero-order valence-electron chi connectivity index (χ0n) is 11.2. The zero-order chi connectivity index (χ0) is 13.8. The van der Waals surface area contributed by atoms with Crippen LogP contribution in [0.2, 0.25) is 0 Å². The molecule has 1 aromatic heterocycles. The third-order valence-corrected chi connectivity index (χ3v) is 3.98. The van der Waals surface area contributed by atoms with Crippen LogP contribution < -0.4 is 10.1 Å². The van der Waals surface area contributed by atoms with Gasteiger partial charge in [0.1, 0.15) is 5.01 Å². The number of rotatable bonds is 5. The number of thiazole rings is 1. The lowest BCUT2D eigenvalue weighted by molar-refractivity contribution is 0.386. The fourth-order valence-electron chi connectivity index (χ4n) is 1.75. The first-order valence-electron chi connectivity index (χ1n) is 6.08. The number of aryl methyl sites for hydroxylation is 1. The van der Waals surface area contributed by atoms with E-state index in [4.69, 9.17) is 4.74 Å². The summed E-state index contributed by atoms with van der Waals surface area (Å²) in [5.41, 5.74) is 1.92. The fourth-order valence-corrected chi connectivity index (χ4v) is 2.58. The molecule has 1 aromatic carbocycles. The van der Waals surface area contributed by atoms with E-state index in [1.54, 1.807) is 17.4 Å². The maximum atomic E-state index is 13.5. The second kappa shape index (κ2) is 6.12. The number of aromatic nitrogens is 1. The minimum atomic E-state index is -0.334. The van der Waals surface area contributed by atoms with Crippen LogP contribution in [0.3, 0.4) is 0 Å². The van der Waals surface area contributed by atoms with E-state index in [1.165, 1.54) is 13.2 Å². The Morgan fingerprint density at radius 1 is 1.47 bits per heavy atom. The van der Waals surface area contributed by atoms with E-state index in [0.29, 0.717) is 6.54 Å². The predicted octanol–water partition coefficient (Wildman–Crippen LogP) is 3.45. The van der Waals surface area contributed by atoms with Crippen molar-refractivity contribution in [2.75, 3.05) is 7.11 Å². The summed E-state index contributed by atoms with van der Waals surface area (Å²) < 4.78 is 18.4. The summed E-state index contributed by atoms with van der Waals surface area (Å²) in [6.07, 6.45) is 0. The summed E-state index contributed by atoms with van der Waals surface area (Å²) in [5.74, 6) is -0.0631. The molecule has 1 N–H and O–H groups in total. The summed E-state index contributed by atoms with van der Waals surface area (Å²) in [6.45, 7) is 4.63. The van der Waals surface area contributed by atoms with Crippen molar-refractivity contribution < 1.29 is 9.13 Å². The molecule has 2 aromatic rings. The van der Waals surface area contributed by atoms with Crippen LogP contribution in [0.5, 0.6) is 5.75 Å². The minimum Gasteiger partial charge on any atom is -0.494 e. The van der Waals surface area contributed by atoms with E-state index in [1.807, 2.05) is 18.4 Å². The van der Waals surface area contributed by atoms with Gasteiger partial charge in [0.05, 0.1) is 13.2 Å². The lowest BCUT2D eigenvalue weighted by atomic mass is 10.2. The first-order chi connectivity index (χ1) is 9.10. The van der Waals surface area contributed by atoms with E-state index in [9.17, 15) is 4.39 Å². The van der Waals surface area contributed by atoms with Crippen molar-refractivity contribution >= 4 is 11.3 Å². The molecule has 0 radical (unpaired) electrons. The summed E-state index contributed by atoms with van der Waals surface area (Å²) >= 11 is 1.63. The normalized spacial score (nSPS) is 12.4. The van der Waals surface area contributed by atoms with Crippen molar-refractivity contribution in [2.45, 2.75) is 26.4 Å². The lowest BCUT2D eigenvalue weighted by Crippen LogP contribution is -2.18. The van der Waals surface area contributed by atoms with Gasteiger partial charge in [-0.05, 0) is 31.5 Å². The summed E-state index contributed by atoms with van der Waals surface area (Å²) in [4.78, 5) is 4.43. The molecule has 0 aliphatic rings. The zero-order valence-corrected chi connectivity index (χ0v) is 12.1. The highest BCUT2D eigenvalue weighted by atomic mass is 32.1. The molecule has 102 valence electrons. The van der Waals surface area contributed by atoms with Gasteiger partial charge in [0, 0.05) is 17.6 Å². The minimum absolute atomic E-state index is 0.156. The van der Waals surface area contributed by atoms with Crippen molar-refractivity contribution in [3.63, 3.8) is 0 Å². The van der Waals surface area contributed by atoms with Crippen LogP contribution >= 0.6 is 11.3 Å². The van der Waals surface area contributed by atoms with E-state index >= 15 is 0 Å². The van der Waals surface area contributed by atoms with Crippen LogP contribution in [0.4, 0.5) is 4.39 Å². The van der Waals surface area contributed by atoms with Crippen LogP contribution in [0.1, 0.15) is 29.2 Å². The van der Waals surface area contributed by atoms with Crippen molar-refractivity contribution in [3.05, 3.63) is 45.7 Å². The number of ether oxygens (including phenoxy) is 1. The summed E-state index contributed by atoms with van der Waals surface area (Å²) in [6, 6.07) is 5.15. The van der Waals surface area contributed by atoms with Gasteiger partial charge in [-0.15, -0.1) is 11.3 Å². The van der Waals surface area contributed by atoms with Crippen LogP contribution in [0, 0.1) is 12.7 Å². The molecule has 5 heteroatoms. The fraction of sp³-hybridized carbons (Fsp3) is 0.357. The van der Waals surface area contributed by atoms with Gasteiger partial charge in [-0.3, -0.25) is 0 Å². The van der Waals surface area contributed by atoms with Gasteiger partial charge in [0.15, 0.2) is 11.6 Å². The molecule has 3 nitrogen and oxygen atoms in total. The van der Waals surface area contributed by atoms with Crippen molar-refractivity contribution in [3.8, 4) is 5.75 Å². The number of nitrogens with one attached hydrogen (secondary N) is 1. The Bertz CT molecular complexity index is 556. The second-order valence-corrected chi connectivity index (χ2v) is 5.29. The molecule has 1 atom stereocenters. The van der Waals surface area contributed by atoms with Crippen molar-refractivity contribution in [1.82, 2.24) is 10.3 Å². The van der Waals surface area contributed by atoms with Crippen LogP contribution in [0.25, 0.3) is 0 Å². The van der Waals surface area contributed by atoms with E-state index < -0.39 is 0 Å². The Labute approximate surface area is 116 Å². The third-order valence-electron chi connectivity index (χ3n) is 2.84. The molecular weight excluding hydrogens is 263 g/mol. The molecule has 0 bridgehead atoms. The molecule has 0 spiro atoms. The Morgan fingerprint density at radius 2 is 2.26 bits per heavy atom. The smallest absolute Gasteiger partial charge is 0.165 e. The first-order valence-corrected chi connectivity index (χ1v) is 6.96. The molecule has 1 unspecified atom stereocenters. The Morgan fingerprint density at radius 3 is 2.84 bits per heavy atom. The van der Waals surface area contributed by atoms with Gasteiger partial charge in [0.25, 0.3) is 0 Å². The first kappa shape index (κ1) is 14.0. The van der Waals surface area contributed by atoms with Gasteiger partial charge in [-0.1, -0.05) is 6.07 Å². The van der Waals surface area contributed by atoms with Gasteiger partial charge in [-0.2, -0.15) is 0 Å². The highest BCUT2D eigenvalue weighted by molar-refractivity contribution is 7.09. The predicted molar refractivity (Wildman–Crippen MR) is 75.1 cm³/mol. The SMILES string of the molecule is COc1ccc(CNC(C)c2nc(C)cs2)cc1F. The van der Waals surface area contributed by atoms with Gasteiger partial charge >= 0.3 is 0 Å². The highest BCUT2D eigenvalue weighted by Crippen LogP contribution is 2.20. The molecule has 0 aliphatic carbocycles. The number of hydrogen-bond acceptors (Lipinski definition) is 4. The average Bonchev–Trinajstić information content (AvgIpc) is 2.83. The molecule has 2 rings (SSSR count). The number of nitrogens with zero attached hydrogens (tertiary/aromatic N) is 1. The molecule has 0 saturated heterocycles. The Hall–Kier alpha value is -1.46. The van der Waals surface area contributed by atoms with Crippen LogP contribution in [-0.4, -0.2) is 12.1 Å². The van der Waals surface area contributed by atoms with E-state index in [-0.39, 0.29) is 17.6 Å². The van der Waals surface area contributed by atoms with Crippen molar-refractivity contribution in [1.29, 1.82) is 0 Å². The Kier molecular flexibility index (Phi) is 4.50. The average molecular weight is 280 g/mol. The largest absolute Gasteiger partial charge is 0.494 e. The highest BCUT2D eigenvalue weighted by Gasteiger charge is 2.09. The van der Waals surface area contributed by atoms with Gasteiger partial charge in [0.2, 0.25) is 0 Å². The topological polar surface area (TPSA) is 34.1 Å². The number of halogens is 1. The molecule has 0 amide bonds. The van der Waals surface area contributed by atoms with E-state index in [0.717, 1.165) is 16.3 Å². The van der Waals surface area contributed by atoms with Gasteiger partial charge in [-0.25, -0.2) is 9.37 Å². The third kappa shape index (κ3) is 3.52. The van der Waals surface area contributed by atoms with Gasteiger partial charge < -0.3 is 10.1 Å². The van der Waals surface area contributed by atoms with Crippen LogP contribution in [0.15, 0.2) is 23.6 Å². The summed E-state index contributed by atoms with van der Waals surface area (Å²) in [7, 11) is 1.46. The van der Waals surface area contributed by atoms with E-state index in [2.05, 4.69) is 17.2 Å². The summed E-state index contributed by atoms with van der Waals surface area (Å²) in [5, 5.41) is 6.41. The molecule has 1 heterocycles. The molecule has 0 aliphatic heterocycles. The maximum Gasteiger partial charge on any atom is 0.165 e.